The fourth-order valence-electron chi connectivity index (χ4n) is 2.40. The molecule has 6 heteroatoms. The summed E-state index contributed by atoms with van der Waals surface area (Å²) in [6, 6.07) is 14.4. The molecule has 0 aliphatic carbocycles. The first-order valence-corrected chi connectivity index (χ1v) is 6.66. The van der Waals surface area contributed by atoms with Crippen molar-refractivity contribution < 1.29 is 4.42 Å². The fourth-order valence-corrected chi connectivity index (χ4v) is 2.40. The van der Waals surface area contributed by atoms with Gasteiger partial charge in [0.05, 0.1) is 6.26 Å². The number of hydrogen-bond donors (Lipinski definition) is 2. The first-order valence-electron chi connectivity index (χ1n) is 6.66. The van der Waals surface area contributed by atoms with Gasteiger partial charge in [-0.2, -0.15) is 10.5 Å². The highest BCUT2D eigenvalue weighted by molar-refractivity contribution is 5.82. The molecule has 0 bridgehead atoms. The molecule has 0 aliphatic rings. The lowest BCUT2D eigenvalue weighted by molar-refractivity contribution is 0.582. The molecule has 0 atom stereocenters. The van der Waals surface area contributed by atoms with Gasteiger partial charge in [0.2, 0.25) is 0 Å². The highest BCUT2D eigenvalue weighted by atomic mass is 16.3. The van der Waals surface area contributed by atoms with Gasteiger partial charge in [-0.05, 0) is 23.8 Å². The number of anilines is 1. The van der Waals surface area contributed by atoms with Crippen molar-refractivity contribution in [2.75, 3.05) is 5.73 Å². The van der Waals surface area contributed by atoms with Gasteiger partial charge in [-0.3, -0.25) is 4.79 Å². The van der Waals surface area contributed by atoms with Gasteiger partial charge in [-0.15, -0.1) is 0 Å². The quantitative estimate of drug-likeness (QED) is 0.754. The molecule has 0 amide bonds. The van der Waals surface area contributed by atoms with Gasteiger partial charge in [0.1, 0.15) is 34.8 Å². The van der Waals surface area contributed by atoms with Gasteiger partial charge in [-0.1, -0.05) is 18.2 Å². The van der Waals surface area contributed by atoms with Crippen LogP contribution in [0.15, 0.2) is 51.9 Å². The summed E-state index contributed by atoms with van der Waals surface area (Å²) in [6.07, 6.45) is 1.55. The standard InChI is InChI=1S/C17H10N4O2/c18-8-12-15(13(9-19)17(22)21-16(12)20)11-4-1-3-10(7-11)14-5-2-6-23-14/h1-7H,(H3,20,21,22). The van der Waals surface area contributed by atoms with Crippen molar-refractivity contribution in [1.29, 1.82) is 10.5 Å². The topological polar surface area (TPSA) is 120 Å². The molecule has 0 fully saturated rings. The van der Waals surface area contributed by atoms with E-state index in [1.807, 2.05) is 18.2 Å². The third-order valence-electron chi connectivity index (χ3n) is 3.43. The van der Waals surface area contributed by atoms with Crippen molar-refractivity contribution in [2.45, 2.75) is 0 Å². The average Bonchev–Trinajstić information content (AvgIpc) is 3.09. The molecular weight excluding hydrogens is 292 g/mol. The normalized spacial score (nSPS) is 10.0. The van der Waals surface area contributed by atoms with Crippen LogP contribution in [-0.2, 0) is 0 Å². The van der Waals surface area contributed by atoms with Gasteiger partial charge < -0.3 is 15.1 Å². The number of nitrogens with two attached hydrogens (primary N) is 1. The van der Waals surface area contributed by atoms with Crippen molar-refractivity contribution >= 4 is 5.82 Å². The Morgan fingerprint density at radius 2 is 1.78 bits per heavy atom. The SMILES string of the molecule is N#Cc1c(N)[nH]c(=O)c(C#N)c1-c1cccc(-c2ccco2)c1. The maximum Gasteiger partial charge on any atom is 0.268 e. The molecule has 2 heterocycles. The van der Waals surface area contributed by atoms with E-state index in [2.05, 4.69) is 4.98 Å². The summed E-state index contributed by atoms with van der Waals surface area (Å²) in [7, 11) is 0. The number of rotatable bonds is 2. The number of H-pyrrole nitrogens is 1. The van der Waals surface area contributed by atoms with Crippen LogP contribution in [0.3, 0.4) is 0 Å². The number of aromatic nitrogens is 1. The van der Waals surface area contributed by atoms with E-state index in [4.69, 9.17) is 10.2 Å². The highest BCUT2D eigenvalue weighted by Gasteiger charge is 2.18. The van der Waals surface area contributed by atoms with E-state index in [0.717, 1.165) is 5.56 Å². The van der Waals surface area contributed by atoms with Crippen LogP contribution in [0.1, 0.15) is 11.1 Å². The van der Waals surface area contributed by atoms with Crippen LogP contribution in [0.4, 0.5) is 5.82 Å². The van der Waals surface area contributed by atoms with Gasteiger partial charge in [0, 0.05) is 11.1 Å². The average molecular weight is 302 g/mol. The summed E-state index contributed by atoms with van der Waals surface area (Å²) < 4.78 is 5.35. The number of pyridine rings is 1. The molecule has 6 nitrogen and oxygen atoms in total. The summed E-state index contributed by atoms with van der Waals surface area (Å²) in [5.41, 5.74) is 6.55. The largest absolute Gasteiger partial charge is 0.464 e. The minimum atomic E-state index is -0.623. The molecule has 0 saturated carbocycles. The summed E-state index contributed by atoms with van der Waals surface area (Å²) >= 11 is 0. The number of nitriles is 2. The fraction of sp³-hybridized carbons (Fsp3) is 0. The van der Waals surface area contributed by atoms with Crippen LogP contribution < -0.4 is 11.3 Å². The second-order valence-electron chi connectivity index (χ2n) is 4.77. The maximum atomic E-state index is 12.0. The summed E-state index contributed by atoms with van der Waals surface area (Å²) in [6.45, 7) is 0. The summed E-state index contributed by atoms with van der Waals surface area (Å²) in [5.74, 6) is 0.580. The Labute approximate surface area is 131 Å². The minimum absolute atomic E-state index is 0.0603. The van der Waals surface area contributed by atoms with Crippen LogP contribution in [-0.4, -0.2) is 4.98 Å². The molecule has 3 aromatic rings. The molecule has 110 valence electrons. The number of nitrogen functional groups attached to an aromatic ring is 1. The Morgan fingerprint density at radius 1 is 1.04 bits per heavy atom. The molecule has 23 heavy (non-hydrogen) atoms. The van der Waals surface area contributed by atoms with Crippen LogP contribution in [0.5, 0.6) is 0 Å². The van der Waals surface area contributed by atoms with Crippen LogP contribution in [0, 0.1) is 22.7 Å². The molecule has 3 N–H and O–H groups in total. The third kappa shape index (κ3) is 2.35. The summed E-state index contributed by atoms with van der Waals surface area (Å²) in [5, 5.41) is 18.6. The first-order chi connectivity index (χ1) is 11.2. The number of nitrogens with one attached hydrogen (secondary N) is 1. The number of nitrogens with zero attached hydrogens (tertiary/aromatic N) is 2. The predicted octanol–water partition coefficient (Wildman–Crippen LogP) is 2.63. The van der Waals surface area contributed by atoms with E-state index in [1.165, 1.54) is 0 Å². The Kier molecular flexibility index (Phi) is 3.42. The van der Waals surface area contributed by atoms with Crippen molar-refractivity contribution in [3.63, 3.8) is 0 Å². The smallest absolute Gasteiger partial charge is 0.268 e. The van der Waals surface area contributed by atoms with Gasteiger partial charge >= 0.3 is 0 Å². The lowest BCUT2D eigenvalue weighted by Gasteiger charge is -2.09. The second kappa shape index (κ2) is 5.55. The molecule has 0 unspecified atom stereocenters. The molecule has 0 saturated heterocycles. The Balaban J connectivity index is 2.32. The van der Waals surface area contributed by atoms with E-state index in [-0.39, 0.29) is 22.5 Å². The Hall–Kier alpha value is -3.77. The van der Waals surface area contributed by atoms with Crippen molar-refractivity contribution in [3.05, 3.63) is 64.1 Å². The van der Waals surface area contributed by atoms with Crippen molar-refractivity contribution in [1.82, 2.24) is 4.98 Å². The number of furan rings is 1. The van der Waals surface area contributed by atoms with Crippen molar-refractivity contribution in [2.24, 2.45) is 0 Å². The number of benzene rings is 1. The van der Waals surface area contributed by atoms with Gasteiger partial charge in [0.25, 0.3) is 5.56 Å². The first kappa shape index (κ1) is 14.2. The van der Waals surface area contributed by atoms with Crippen LogP contribution in [0.25, 0.3) is 22.5 Å². The minimum Gasteiger partial charge on any atom is -0.464 e. The number of hydrogen-bond acceptors (Lipinski definition) is 5. The zero-order valence-corrected chi connectivity index (χ0v) is 11.8. The highest BCUT2D eigenvalue weighted by Crippen LogP contribution is 2.31. The van der Waals surface area contributed by atoms with E-state index in [1.54, 1.807) is 36.6 Å². The van der Waals surface area contributed by atoms with Crippen LogP contribution in [0.2, 0.25) is 0 Å². The van der Waals surface area contributed by atoms with Crippen LogP contribution >= 0.6 is 0 Å². The Morgan fingerprint density at radius 3 is 2.43 bits per heavy atom. The maximum absolute atomic E-state index is 12.0. The second-order valence-corrected chi connectivity index (χ2v) is 4.77. The van der Waals surface area contributed by atoms with Gasteiger partial charge in [0.15, 0.2) is 0 Å². The Bertz CT molecular complexity index is 1020. The third-order valence-corrected chi connectivity index (χ3v) is 3.43. The lowest BCUT2D eigenvalue weighted by Crippen LogP contribution is -2.16. The molecule has 0 radical (unpaired) electrons. The van der Waals surface area contributed by atoms with E-state index < -0.39 is 5.56 Å². The zero-order valence-electron chi connectivity index (χ0n) is 11.8. The molecular formula is C17H10N4O2. The predicted molar refractivity (Wildman–Crippen MR) is 84.0 cm³/mol. The molecule has 2 aromatic heterocycles. The van der Waals surface area contributed by atoms with Gasteiger partial charge in [-0.25, -0.2) is 0 Å². The summed E-state index contributed by atoms with van der Waals surface area (Å²) in [4.78, 5) is 14.3. The molecule has 1 aromatic carbocycles. The van der Waals surface area contributed by atoms with E-state index in [0.29, 0.717) is 11.3 Å². The van der Waals surface area contributed by atoms with E-state index >= 15 is 0 Å². The molecule has 3 rings (SSSR count). The lowest BCUT2D eigenvalue weighted by atomic mass is 9.95. The zero-order chi connectivity index (χ0) is 16.4. The monoisotopic (exact) mass is 302 g/mol. The van der Waals surface area contributed by atoms with E-state index in [9.17, 15) is 15.3 Å². The molecule has 0 spiro atoms. The van der Waals surface area contributed by atoms with Crippen molar-refractivity contribution in [3.8, 4) is 34.6 Å². The molecule has 0 aliphatic heterocycles. The number of aromatic amines is 1.